The van der Waals surface area contributed by atoms with Gasteiger partial charge in [-0.2, -0.15) is 4.98 Å². The van der Waals surface area contributed by atoms with Gasteiger partial charge in [0.1, 0.15) is 6.10 Å². The molecule has 2 N–H and O–H groups in total. The van der Waals surface area contributed by atoms with Crippen LogP contribution < -0.4 is 5.73 Å². The van der Waals surface area contributed by atoms with Crippen LogP contribution in [0.2, 0.25) is 0 Å². The number of nitrogens with zero attached hydrogens (tertiary/aromatic N) is 2. The molecule has 1 aromatic heterocycles. The molecule has 0 amide bonds. The maximum Gasteiger partial charge on any atom is 0.226 e. The van der Waals surface area contributed by atoms with Gasteiger partial charge in [0.15, 0.2) is 0 Å². The van der Waals surface area contributed by atoms with Gasteiger partial charge >= 0.3 is 0 Å². The Morgan fingerprint density at radius 3 is 2.83 bits per heavy atom. The molecular formula is C13H23N3O2. The summed E-state index contributed by atoms with van der Waals surface area (Å²) in [6.45, 7) is 2.94. The smallest absolute Gasteiger partial charge is 0.226 e. The molecule has 18 heavy (non-hydrogen) atoms. The van der Waals surface area contributed by atoms with Gasteiger partial charge in [-0.15, -0.1) is 0 Å². The van der Waals surface area contributed by atoms with E-state index >= 15 is 0 Å². The Hall–Kier alpha value is -0.940. The Morgan fingerprint density at radius 2 is 2.22 bits per heavy atom. The van der Waals surface area contributed by atoms with Crippen LogP contribution in [0.5, 0.6) is 0 Å². The molecular weight excluding hydrogens is 230 g/mol. The van der Waals surface area contributed by atoms with Gasteiger partial charge in [-0.05, 0) is 44.1 Å². The van der Waals surface area contributed by atoms with E-state index in [0.29, 0.717) is 17.7 Å². The van der Waals surface area contributed by atoms with E-state index in [9.17, 15) is 0 Å². The number of ether oxygens (including phenoxy) is 1. The largest absolute Gasteiger partial charge is 0.373 e. The molecule has 5 heteroatoms. The van der Waals surface area contributed by atoms with E-state index in [-0.39, 0.29) is 6.10 Å². The monoisotopic (exact) mass is 253 g/mol. The first-order valence-electron chi connectivity index (χ1n) is 6.80. The summed E-state index contributed by atoms with van der Waals surface area (Å²) < 4.78 is 10.7. The normalized spacial score (nSPS) is 18.8. The van der Waals surface area contributed by atoms with Gasteiger partial charge in [-0.3, -0.25) is 0 Å². The van der Waals surface area contributed by atoms with E-state index in [1.54, 1.807) is 7.11 Å². The fourth-order valence-corrected chi connectivity index (χ4v) is 2.19. The van der Waals surface area contributed by atoms with Crippen LogP contribution in [-0.4, -0.2) is 23.8 Å². The van der Waals surface area contributed by atoms with Crippen molar-refractivity contribution < 1.29 is 9.26 Å². The summed E-state index contributed by atoms with van der Waals surface area (Å²) >= 11 is 0. The SMILES string of the molecule is COC(c1noc(CCC(C)CCN)n1)C1CC1. The number of rotatable bonds is 8. The first-order valence-corrected chi connectivity index (χ1v) is 6.80. The average Bonchev–Trinajstić information content (AvgIpc) is 3.07. The third-order valence-electron chi connectivity index (χ3n) is 3.55. The third kappa shape index (κ3) is 3.53. The van der Waals surface area contributed by atoms with Gasteiger partial charge in [0.25, 0.3) is 0 Å². The first kappa shape index (κ1) is 13.5. The first-order chi connectivity index (χ1) is 8.74. The lowest BCUT2D eigenvalue weighted by Gasteiger charge is -2.08. The van der Waals surface area contributed by atoms with Crippen LogP contribution in [0.3, 0.4) is 0 Å². The fourth-order valence-electron chi connectivity index (χ4n) is 2.19. The van der Waals surface area contributed by atoms with Crippen LogP contribution in [0, 0.1) is 11.8 Å². The number of aromatic nitrogens is 2. The van der Waals surface area contributed by atoms with Gasteiger partial charge in [-0.25, -0.2) is 0 Å². The van der Waals surface area contributed by atoms with Gasteiger partial charge < -0.3 is 15.0 Å². The minimum atomic E-state index is 0.0176. The van der Waals surface area contributed by atoms with E-state index in [0.717, 1.165) is 31.7 Å². The zero-order valence-electron chi connectivity index (χ0n) is 11.3. The van der Waals surface area contributed by atoms with E-state index in [2.05, 4.69) is 17.1 Å². The van der Waals surface area contributed by atoms with Gasteiger partial charge in [-0.1, -0.05) is 12.1 Å². The van der Waals surface area contributed by atoms with Crippen molar-refractivity contribution in [1.29, 1.82) is 0 Å². The van der Waals surface area contributed by atoms with E-state index in [1.807, 2.05) is 0 Å². The summed E-state index contributed by atoms with van der Waals surface area (Å²) in [7, 11) is 1.71. The van der Waals surface area contributed by atoms with Crippen LogP contribution in [0.15, 0.2) is 4.52 Å². The van der Waals surface area contributed by atoms with Crippen LogP contribution in [0.25, 0.3) is 0 Å². The van der Waals surface area contributed by atoms with Crippen molar-refractivity contribution in [3.05, 3.63) is 11.7 Å². The number of aryl methyl sites for hydroxylation is 1. The number of hydrogen-bond acceptors (Lipinski definition) is 5. The van der Waals surface area contributed by atoms with Crippen LogP contribution in [0.4, 0.5) is 0 Å². The highest BCUT2D eigenvalue weighted by molar-refractivity contribution is 4.98. The standard InChI is InChI=1S/C13H23N3O2/c1-9(7-8-14)3-6-11-15-13(16-18-11)12(17-2)10-4-5-10/h9-10,12H,3-8,14H2,1-2H3. The molecule has 2 atom stereocenters. The lowest BCUT2D eigenvalue weighted by atomic mass is 10.0. The Balaban J connectivity index is 1.85. The molecule has 0 aliphatic heterocycles. The Bertz CT molecular complexity index is 363. The molecule has 2 rings (SSSR count). The molecule has 5 nitrogen and oxygen atoms in total. The second-order valence-electron chi connectivity index (χ2n) is 5.26. The second-order valence-corrected chi connectivity index (χ2v) is 5.26. The highest BCUT2D eigenvalue weighted by Gasteiger charge is 2.35. The minimum absolute atomic E-state index is 0.0176. The maximum atomic E-state index is 5.53. The Morgan fingerprint density at radius 1 is 1.44 bits per heavy atom. The maximum absolute atomic E-state index is 5.53. The predicted molar refractivity (Wildman–Crippen MR) is 67.9 cm³/mol. The molecule has 0 aromatic carbocycles. The highest BCUT2D eigenvalue weighted by atomic mass is 16.5. The van der Waals surface area contributed by atoms with Gasteiger partial charge in [0.2, 0.25) is 11.7 Å². The van der Waals surface area contributed by atoms with Crippen molar-refractivity contribution in [3.63, 3.8) is 0 Å². The van der Waals surface area contributed by atoms with Crippen molar-refractivity contribution in [2.24, 2.45) is 17.6 Å². The van der Waals surface area contributed by atoms with Crippen molar-refractivity contribution >= 4 is 0 Å². The van der Waals surface area contributed by atoms with E-state index in [1.165, 1.54) is 12.8 Å². The van der Waals surface area contributed by atoms with Gasteiger partial charge in [0.05, 0.1) is 0 Å². The molecule has 102 valence electrons. The third-order valence-corrected chi connectivity index (χ3v) is 3.55. The fraction of sp³-hybridized carbons (Fsp3) is 0.846. The lowest BCUT2D eigenvalue weighted by molar-refractivity contribution is 0.0751. The summed E-state index contributed by atoms with van der Waals surface area (Å²) in [5, 5.41) is 4.04. The zero-order valence-corrected chi connectivity index (χ0v) is 11.3. The van der Waals surface area contributed by atoms with Crippen molar-refractivity contribution in [3.8, 4) is 0 Å². The zero-order chi connectivity index (χ0) is 13.0. The summed E-state index contributed by atoms with van der Waals surface area (Å²) in [6.07, 6.45) is 5.34. The summed E-state index contributed by atoms with van der Waals surface area (Å²) in [6, 6.07) is 0. The molecule has 2 unspecified atom stereocenters. The minimum Gasteiger partial charge on any atom is -0.373 e. The molecule has 0 bridgehead atoms. The molecule has 0 spiro atoms. The molecule has 1 aliphatic rings. The molecule has 0 radical (unpaired) electrons. The molecule has 1 aliphatic carbocycles. The topological polar surface area (TPSA) is 74.2 Å². The average molecular weight is 253 g/mol. The Kier molecular flexibility index (Phi) is 4.72. The van der Waals surface area contributed by atoms with E-state index < -0.39 is 0 Å². The van der Waals surface area contributed by atoms with Crippen LogP contribution >= 0.6 is 0 Å². The van der Waals surface area contributed by atoms with Gasteiger partial charge in [0, 0.05) is 13.5 Å². The molecule has 1 aromatic rings. The summed E-state index contributed by atoms with van der Waals surface area (Å²) in [5.74, 6) is 2.61. The Labute approximate surface area is 108 Å². The molecule has 0 saturated heterocycles. The van der Waals surface area contributed by atoms with Crippen LogP contribution in [0.1, 0.15) is 50.4 Å². The number of nitrogens with two attached hydrogens (primary N) is 1. The van der Waals surface area contributed by atoms with Crippen molar-refractivity contribution in [2.75, 3.05) is 13.7 Å². The predicted octanol–water partition coefficient (Wildman–Crippen LogP) is 2.08. The molecule has 1 fully saturated rings. The molecule has 1 saturated carbocycles. The van der Waals surface area contributed by atoms with E-state index in [4.69, 9.17) is 15.0 Å². The van der Waals surface area contributed by atoms with Crippen molar-refractivity contribution in [1.82, 2.24) is 10.1 Å². The lowest BCUT2D eigenvalue weighted by Crippen LogP contribution is -2.07. The van der Waals surface area contributed by atoms with Crippen molar-refractivity contribution in [2.45, 2.75) is 45.1 Å². The number of hydrogen-bond donors (Lipinski definition) is 1. The summed E-state index contributed by atoms with van der Waals surface area (Å²) in [4.78, 5) is 4.44. The highest BCUT2D eigenvalue weighted by Crippen LogP contribution is 2.41. The second kappa shape index (κ2) is 6.29. The number of methoxy groups -OCH3 is 1. The van der Waals surface area contributed by atoms with Crippen LogP contribution in [-0.2, 0) is 11.2 Å². The summed E-state index contributed by atoms with van der Waals surface area (Å²) in [5.41, 5.74) is 5.53. The quantitative estimate of drug-likeness (QED) is 0.767. The molecule has 1 heterocycles.